The van der Waals surface area contributed by atoms with Gasteiger partial charge in [0, 0.05) is 12.6 Å². The quantitative estimate of drug-likeness (QED) is 0.892. The molecule has 0 radical (unpaired) electrons. The Morgan fingerprint density at radius 1 is 1.29 bits per heavy atom. The van der Waals surface area contributed by atoms with Crippen LogP contribution in [-0.2, 0) is 16.4 Å². The van der Waals surface area contributed by atoms with Gasteiger partial charge >= 0.3 is 0 Å². The largest absolute Gasteiger partial charge is 0.310 e. The van der Waals surface area contributed by atoms with Crippen molar-refractivity contribution in [2.75, 3.05) is 11.5 Å². The van der Waals surface area contributed by atoms with Crippen molar-refractivity contribution in [3.63, 3.8) is 0 Å². The third kappa shape index (κ3) is 3.78. The molecule has 1 fully saturated rings. The van der Waals surface area contributed by atoms with Gasteiger partial charge in [-0.1, -0.05) is 12.1 Å². The minimum Gasteiger partial charge on any atom is -0.310 e. The number of hydrogen-bond donors (Lipinski definition) is 1. The molecule has 0 bridgehead atoms. The zero-order valence-electron chi connectivity index (χ0n) is 9.52. The van der Waals surface area contributed by atoms with Crippen molar-refractivity contribution in [3.05, 3.63) is 35.6 Å². The molecule has 0 spiro atoms. The zero-order valence-corrected chi connectivity index (χ0v) is 10.3. The van der Waals surface area contributed by atoms with E-state index in [4.69, 9.17) is 0 Å². The molecule has 1 aromatic carbocycles. The Labute approximate surface area is 101 Å². The second-order valence-electron chi connectivity index (χ2n) is 4.44. The molecule has 3 nitrogen and oxygen atoms in total. The molecule has 1 saturated heterocycles. The minimum absolute atomic E-state index is 0.224. The van der Waals surface area contributed by atoms with Gasteiger partial charge < -0.3 is 5.32 Å². The SMILES string of the molecule is O=S1(=O)CCC(NCc2cccc(F)c2)CC1. The highest BCUT2D eigenvalue weighted by molar-refractivity contribution is 7.91. The van der Waals surface area contributed by atoms with Crippen molar-refractivity contribution < 1.29 is 12.8 Å². The van der Waals surface area contributed by atoms with Crippen LogP contribution in [-0.4, -0.2) is 26.0 Å². The molecule has 0 aromatic heterocycles. The van der Waals surface area contributed by atoms with E-state index < -0.39 is 9.84 Å². The summed E-state index contributed by atoms with van der Waals surface area (Å²) in [5.74, 6) is 0.275. The maximum atomic E-state index is 12.9. The van der Waals surface area contributed by atoms with Gasteiger partial charge in [-0.3, -0.25) is 0 Å². The smallest absolute Gasteiger partial charge is 0.150 e. The van der Waals surface area contributed by atoms with Crippen molar-refractivity contribution in [2.45, 2.75) is 25.4 Å². The Bertz CT molecular complexity index is 473. The van der Waals surface area contributed by atoms with Gasteiger partial charge in [0.1, 0.15) is 15.7 Å². The molecule has 1 N–H and O–H groups in total. The summed E-state index contributed by atoms with van der Waals surface area (Å²) in [6.07, 6.45) is 1.30. The second-order valence-corrected chi connectivity index (χ2v) is 6.74. The summed E-state index contributed by atoms with van der Waals surface area (Å²) in [7, 11) is -2.81. The molecule has 1 heterocycles. The lowest BCUT2D eigenvalue weighted by Gasteiger charge is -2.23. The van der Waals surface area contributed by atoms with E-state index in [2.05, 4.69) is 5.32 Å². The van der Waals surface area contributed by atoms with Crippen LogP contribution in [0.2, 0.25) is 0 Å². The summed E-state index contributed by atoms with van der Waals surface area (Å²) in [4.78, 5) is 0. The molecule has 94 valence electrons. The van der Waals surface area contributed by atoms with E-state index in [1.54, 1.807) is 6.07 Å². The highest BCUT2D eigenvalue weighted by Gasteiger charge is 2.22. The molecule has 0 atom stereocenters. The summed E-state index contributed by atoms with van der Waals surface area (Å²) < 4.78 is 35.4. The molecule has 1 aliphatic heterocycles. The first-order valence-corrected chi connectivity index (χ1v) is 7.55. The average Bonchev–Trinajstić information content (AvgIpc) is 2.28. The number of sulfone groups is 1. The molecule has 2 rings (SSSR count). The highest BCUT2D eigenvalue weighted by atomic mass is 32.2. The van der Waals surface area contributed by atoms with Gasteiger partial charge in [0.25, 0.3) is 0 Å². The lowest BCUT2D eigenvalue weighted by molar-refractivity contribution is 0.462. The maximum Gasteiger partial charge on any atom is 0.150 e. The number of benzene rings is 1. The molecule has 0 amide bonds. The van der Waals surface area contributed by atoms with E-state index >= 15 is 0 Å². The van der Waals surface area contributed by atoms with E-state index in [1.807, 2.05) is 6.07 Å². The van der Waals surface area contributed by atoms with Crippen LogP contribution in [0.15, 0.2) is 24.3 Å². The molecule has 0 unspecified atom stereocenters. The van der Waals surface area contributed by atoms with Gasteiger partial charge in [-0.15, -0.1) is 0 Å². The van der Waals surface area contributed by atoms with Crippen molar-refractivity contribution in [2.24, 2.45) is 0 Å². The molecule has 1 aliphatic rings. The number of hydrogen-bond acceptors (Lipinski definition) is 3. The maximum absolute atomic E-state index is 12.9. The van der Waals surface area contributed by atoms with Crippen LogP contribution in [0.25, 0.3) is 0 Å². The summed E-state index contributed by atoms with van der Waals surface area (Å²) in [5.41, 5.74) is 0.887. The monoisotopic (exact) mass is 257 g/mol. The predicted octanol–water partition coefficient (Wildman–Crippen LogP) is 1.49. The normalized spacial score (nSPS) is 20.3. The lowest BCUT2D eigenvalue weighted by Crippen LogP contribution is -2.37. The average molecular weight is 257 g/mol. The fraction of sp³-hybridized carbons (Fsp3) is 0.500. The Morgan fingerprint density at radius 3 is 2.65 bits per heavy atom. The molecule has 1 aromatic rings. The van der Waals surface area contributed by atoms with Crippen molar-refractivity contribution in [3.8, 4) is 0 Å². The highest BCUT2D eigenvalue weighted by Crippen LogP contribution is 2.13. The predicted molar refractivity (Wildman–Crippen MR) is 64.9 cm³/mol. The van der Waals surface area contributed by atoms with Crippen LogP contribution in [0.5, 0.6) is 0 Å². The van der Waals surface area contributed by atoms with E-state index in [0.29, 0.717) is 19.4 Å². The van der Waals surface area contributed by atoms with Gasteiger partial charge in [0.15, 0.2) is 0 Å². The molecular weight excluding hydrogens is 241 g/mol. The molecule has 17 heavy (non-hydrogen) atoms. The number of nitrogens with one attached hydrogen (secondary N) is 1. The van der Waals surface area contributed by atoms with Crippen LogP contribution in [0.3, 0.4) is 0 Å². The van der Waals surface area contributed by atoms with E-state index in [9.17, 15) is 12.8 Å². The first-order chi connectivity index (χ1) is 8.05. The molecule has 0 aliphatic carbocycles. The lowest BCUT2D eigenvalue weighted by atomic mass is 10.1. The molecular formula is C12H16FNO2S. The standard InChI is InChI=1S/C12H16FNO2S/c13-11-3-1-2-10(8-11)9-14-12-4-6-17(15,16)7-5-12/h1-3,8,12,14H,4-7,9H2. The third-order valence-electron chi connectivity index (χ3n) is 3.04. The van der Waals surface area contributed by atoms with Gasteiger partial charge in [0.05, 0.1) is 11.5 Å². The Kier molecular flexibility index (Phi) is 3.79. The Hall–Kier alpha value is -0.940. The van der Waals surface area contributed by atoms with Crippen molar-refractivity contribution >= 4 is 9.84 Å². The summed E-state index contributed by atoms with van der Waals surface area (Å²) in [5, 5.41) is 3.27. The van der Waals surface area contributed by atoms with Crippen molar-refractivity contribution in [1.82, 2.24) is 5.32 Å². The van der Waals surface area contributed by atoms with Gasteiger partial charge in [0.2, 0.25) is 0 Å². The Morgan fingerprint density at radius 2 is 2.00 bits per heavy atom. The molecule has 0 saturated carbocycles. The number of rotatable bonds is 3. The fourth-order valence-corrected chi connectivity index (χ4v) is 3.49. The first kappa shape index (κ1) is 12.5. The van der Waals surface area contributed by atoms with Gasteiger partial charge in [-0.05, 0) is 30.5 Å². The summed E-state index contributed by atoms with van der Waals surface area (Å²) >= 11 is 0. The fourth-order valence-electron chi connectivity index (χ4n) is 2.00. The third-order valence-corrected chi connectivity index (χ3v) is 4.75. The topological polar surface area (TPSA) is 46.2 Å². The van der Waals surface area contributed by atoms with Gasteiger partial charge in [-0.2, -0.15) is 0 Å². The number of halogens is 1. The minimum atomic E-state index is -2.81. The first-order valence-electron chi connectivity index (χ1n) is 5.73. The second kappa shape index (κ2) is 5.14. The van der Waals surface area contributed by atoms with Crippen molar-refractivity contribution in [1.29, 1.82) is 0 Å². The van der Waals surface area contributed by atoms with Crippen LogP contribution in [0.4, 0.5) is 4.39 Å². The summed E-state index contributed by atoms with van der Waals surface area (Å²) in [6.45, 7) is 0.586. The Balaban J connectivity index is 1.84. The van der Waals surface area contributed by atoms with Crippen LogP contribution < -0.4 is 5.32 Å². The van der Waals surface area contributed by atoms with Gasteiger partial charge in [-0.25, -0.2) is 12.8 Å². The zero-order chi connectivity index (χ0) is 12.3. The van der Waals surface area contributed by atoms with E-state index in [1.165, 1.54) is 12.1 Å². The molecule has 5 heteroatoms. The van der Waals surface area contributed by atoms with Crippen LogP contribution >= 0.6 is 0 Å². The summed E-state index contributed by atoms with van der Waals surface area (Å²) in [6, 6.07) is 6.66. The van der Waals surface area contributed by atoms with Crippen LogP contribution in [0, 0.1) is 5.82 Å². The van der Waals surface area contributed by atoms with E-state index in [-0.39, 0.29) is 23.4 Å². The van der Waals surface area contributed by atoms with Crippen LogP contribution in [0.1, 0.15) is 18.4 Å². The van der Waals surface area contributed by atoms with E-state index in [0.717, 1.165) is 5.56 Å².